The van der Waals surface area contributed by atoms with Gasteiger partial charge in [0, 0.05) is 31.7 Å². The van der Waals surface area contributed by atoms with E-state index in [9.17, 15) is 9.59 Å². The lowest BCUT2D eigenvalue weighted by molar-refractivity contribution is -0.138. The van der Waals surface area contributed by atoms with Crippen LogP contribution in [0.4, 0.5) is 0 Å². The van der Waals surface area contributed by atoms with Crippen LogP contribution in [0.15, 0.2) is 60.7 Å². The summed E-state index contributed by atoms with van der Waals surface area (Å²) in [5.41, 5.74) is -0.123. The van der Waals surface area contributed by atoms with Crippen molar-refractivity contribution < 1.29 is 14.0 Å². The second-order valence-electron chi connectivity index (χ2n) is 9.50. The average Bonchev–Trinajstić information content (AvgIpc) is 2.81. The van der Waals surface area contributed by atoms with E-state index in [2.05, 4.69) is 55.7 Å². The van der Waals surface area contributed by atoms with Gasteiger partial charge in [-0.3, -0.25) is 9.59 Å². The summed E-state index contributed by atoms with van der Waals surface area (Å²) in [6, 6.07) is 20.7. The zero-order valence-electron chi connectivity index (χ0n) is 20.6. The van der Waals surface area contributed by atoms with Crippen LogP contribution in [0.2, 0.25) is 0 Å². The number of carbonyl (C=O) groups excluding carboxylic acids is 2. The molecule has 0 bridgehead atoms. The summed E-state index contributed by atoms with van der Waals surface area (Å²) in [6.07, 6.45) is 0. The van der Waals surface area contributed by atoms with Gasteiger partial charge in [-0.2, -0.15) is 0 Å². The Morgan fingerprint density at radius 1 is 1.11 bits per heavy atom. The maximum absolute atomic E-state index is 12.8. The van der Waals surface area contributed by atoms with Gasteiger partial charge < -0.3 is 15.1 Å². The van der Waals surface area contributed by atoms with E-state index in [-0.39, 0.29) is 34.4 Å². The van der Waals surface area contributed by atoms with Crippen molar-refractivity contribution >= 4 is 70.5 Å². The first kappa shape index (κ1) is 27.9. The van der Waals surface area contributed by atoms with Crippen LogP contribution in [0.25, 0.3) is 0 Å². The van der Waals surface area contributed by atoms with Crippen LogP contribution in [0.5, 0.6) is 0 Å². The Balaban J connectivity index is 1.69. The maximum atomic E-state index is 12.8. The molecular formula is C26H33N2O3S3Si. The Morgan fingerprint density at radius 3 is 2.17 bits per heavy atom. The molecule has 1 fully saturated rings. The van der Waals surface area contributed by atoms with Crippen molar-refractivity contribution in [2.45, 2.75) is 33.1 Å². The van der Waals surface area contributed by atoms with E-state index in [1.807, 2.05) is 36.4 Å². The number of rotatable bonds is 10. The summed E-state index contributed by atoms with van der Waals surface area (Å²) in [4.78, 5) is 23.8. The molecule has 187 valence electrons. The standard InChI is InChI=1S/C26H33N2O3S3Si/c1-18(29)27-15-16-33-25(32)34-24-22(23(30)28-24)21(26(2,3)4)17-31-35(19-11-7-5-8-12-19)20-13-9-6-10-14-20/h5-14,21-22,24H,15-17H2,1-4H3,(H,27,29)(H,28,30). The topological polar surface area (TPSA) is 67.4 Å². The van der Waals surface area contributed by atoms with E-state index in [0.717, 1.165) is 3.53 Å². The number of hydrogen-bond acceptors (Lipinski definition) is 6. The highest BCUT2D eigenvalue weighted by Gasteiger charge is 2.49. The smallest absolute Gasteiger partial charge is 0.282 e. The fourth-order valence-corrected chi connectivity index (χ4v) is 8.55. The molecule has 1 aliphatic heterocycles. The zero-order chi connectivity index (χ0) is 25.4. The van der Waals surface area contributed by atoms with Gasteiger partial charge in [0.1, 0.15) is 3.53 Å². The van der Waals surface area contributed by atoms with Crippen molar-refractivity contribution in [1.82, 2.24) is 10.6 Å². The van der Waals surface area contributed by atoms with E-state index in [0.29, 0.717) is 18.9 Å². The van der Waals surface area contributed by atoms with Crippen molar-refractivity contribution in [1.29, 1.82) is 0 Å². The predicted octanol–water partition coefficient (Wildman–Crippen LogP) is 3.43. The van der Waals surface area contributed by atoms with Crippen LogP contribution >= 0.6 is 35.7 Å². The minimum Gasteiger partial charge on any atom is -0.407 e. The lowest BCUT2D eigenvalue weighted by Gasteiger charge is -2.46. The second kappa shape index (κ2) is 13.1. The Kier molecular flexibility index (Phi) is 10.4. The van der Waals surface area contributed by atoms with Crippen LogP contribution in [-0.4, -0.2) is 48.7 Å². The lowest BCUT2D eigenvalue weighted by atomic mass is 9.71. The number of thioether (sulfide) groups is 2. The summed E-state index contributed by atoms with van der Waals surface area (Å²) < 4.78 is 7.47. The monoisotopic (exact) mass is 545 g/mol. The van der Waals surface area contributed by atoms with Crippen molar-refractivity contribution in [3.63, 3.8) is 0 Å². The number of carbonyl (C=O) groups is 2. The lowest BCUT2D eigenvalue weighted by Crippen LogP contribution is -2.62. The highest BCUT2D eigenvalue weighted by molar-refractivity contribution is 8.47. The normalized spacial score (nSPS) is 18.5. The summed E-state index contributed by atoms with van der Waals surface area (Å²) in [5, 5.41) is 8.13. The first-order valence-corrected chi connectivity index (χ1v) is 15.3. The van der Waals surface area contributed by atoms with Gasteiger partial charge in [-0.25, -0.2) is 0 Å². The van der Waals surface area contributed by atoms with Gasteiger partial charge in [0.05, 0.1) is 11.3 Å². The molecule has 0 spiro atoms. The molecule has 2 amide bonds. The second-order valence-corrected chi connectivity index (χ2v) is 15.0. The molecule has 35 heavy (non-hydrogen) atoms. The first-order chi connectivity index (χ1) is 16.7. The summed E-state index contributed by atoms with van der Waals surface area (Å²) in [7, 11) is -1.45. The largest absolute Gasteiger partial charge is 0.407 e. The molecule has 2 aromatic rings. The number of hydrogen-bond donors (Lipinski definition) is 2. The van der Waals surface area contributed by atoms with Gasteiger partial charge in [0.2, 0.25) is 11.8 Å². The molecular weight excluding hydrogens is 513 g/mol. The molecule has 5 nitrogen and oxygen atoms in total. The minimum atomic E-state index is -1.45. The summed E-state index contributed by atoms with van der Waals surface area (Å²) in [5.74, 6) is 0.584. The molecule has 1 heterocycles. The summed E-state index contributed by atoms with van der Waals surface area (Å²) in [6.45, 7) is 9.09. The van der Waals surface area contributed by atoms with E-state index in [1.54, 1.807) is 0 Å². The summed E-state index contributed by atoms with van der Waals surface area (Å²) >= 11 is 8.62. The molecule has 0 saturated carbocycles. The highest BCUT2D eigenvalue weighted by atomic mass is 32.2. The maximum Gasteiger partial charge on any atom is 0.282 e. The molecule has 2 aromatic carbocycles. The number of β-lactam (4-membered cyclic amide) rings is 1. The molecule has 3 atom stereocenters. The Hall–Kier alpha value is -1.65. The third-order valence-corrected chi connectivity index (χ3v) is 10.8. The molecule has 0 aliphatic carbocycles. The van der Waals surface area contributed by atoms with Gasteiger partial charge in [-0.15, -0.1) is 11.8 Å². The van der Waals surface area contributed by atoms with Crippen LogP contribution in [0.3, 0.4) is 0 Å². The number of nitrogens with one attached hydrogen (secondary N) is 2. The molecule has 1 radical (unpaired) electrons. The van der Waals surface area contributed by atoms with Crippen LogP contribution in [0.1, 0.15) is 27.7 Å². The van der Waals surface area contributed by atoms with Gasteiger partial charge in [0.25, 0.3) is 9.04 Å². The highest BCUT2D eigenvalue weighted by Crippen LogP contribution is 2.42. The molecule has 0 aromatic heterocycles. The van der Waals surface area contributed by atoms with Crippen LogP contribution in [-0.2, 0) is 14.0 Å². The van der Waals surface area contributed by atoms with Crippen molar-refractivity contribution in [2.75, 3.05) is 18.9 Å². The first-order valence-electron chi connectivity index (χ1n) is 11.7. The molecule has 1 saturated heterocycles. The Bertz CT molecular complexity index is 962. The van der Waals surface area contributed by atoms with Gasteiger partial charge in [-0.1, -0.05) is 105 Å². The zero-order valence-corrected chi connectivity index (χ0v) is 24.0. The van der Waals surface area contributed by atoms with Crippen molar-refractivity contribution in [2.24, 2.45) is 17.3 Å². The van der Waals surface area contributed by atoms with E-state index < -0.39 is 9.04 Å². The number of thiocarbonyl (C=S) groups is 1. The fraction of sp³-hybridized carbons (Fsp3) is 0.423. The Labute approximate surface area is 224 Å². The fourth-order valence-electron chi connectivity index (χ4n) is 3.94. The predicted molar refractivity (Wildman–Crippen MR) is 154 cm³/mol. The molecule has 3 rings (SSSR count). The van der Waals surface area contributed by atoms with Crippen molar-refractivity contribution in [3.8, 4) is 0 Å². The molecule has 3 unspecified atom stereocenters. The quantitative estimate of drug-likeness (QED) is 0.206. The molecule has 2 N–H and O–H groups in total. The van der Waals surface area contributed by atoms with Gasteiger partial charge >= 0.3 is 0 Å². The van der Waals surface area contributed by atoms with Gasteiger partial charge in [-0.05, 0) is 15.8 Å². The van der Waals surface area contributed by atoms with E-state index in [1.165, 1.54) is 40.8 Å². The van der Waals surface area contributed by atoms with Crippen molar-refractivity contribution in [3.05, 3.63) is 60.7 Å². The van der Waals surface area contributed by atoms with Crippen LogP contribution in [0, 0.1) is 17.3 Å². The minimum absolute atomic E-state index is 0.0355. The Morgan fingerprint density at radius 2 is 1.69 bits per heavy atom. The third kappa shape index (κ3) is 8.18. The molecule has 1 aliphatic rings. The number of benzene rings is 2. The number of amides is 2. The van der Waals surface area contributed by atoms with Crippen LogP contribution < -0.4 is 21.0 Å². The average molecular weight is 546 g/mol. The van der Waals surface area contributed by atoms with E-state index >= 15 is 0 Å². The van der Waals surface area contributed by atoms with Gasteiger partial charge in [0.15, 0.2) is 0 Å². The SMILES string of the molecule is CC(=O)NCCSC(=S)SC1NC(=O)C1C(CO[Si](c1ccccc1)c1ccccc1)C(C)(C)C. The molecule has 9 heteroatoms. The van der Waals surface area contributed by atoms with E-state index in [4.69, 9.17) is 16.6 Å². The third-order valence-electron chi connectivity index (χ3n) is 5.86.